The molecule has 28 heavy (non-hydrogen) atoms. The molecule has 140 valence electrons. The van der Waals surface area contributed by atoms with Crippen LogP contribution in [0.1, 0.15) is 17.4 Å². The number of benzene rings is 2. The van der Waals surface area contributed by atoms with E-state index in [2.05, 4.69) is 27.4 Å². The summed E-state index contributed by atoms with van der Waals surface area (Å²) in [5, 5.41) is 8.73. The molecule has 0 spiro atoms. The van der Waals surface area contributed by atoms with Gasteiger partial charge in [-0.3, -0.25) is 4.68 Å². The first-order valence-electron chi connectivity index (χ1n) is 9.02. The third-order valence-corrected chi connectivity index (χ3v) is 4.80. The van der Waals surface area contributed by atoms with E-state index in [1.807, 2.05) is 53.2 Å². The van der Waals surface area contributed by atoms with Crippen molar-refractivity contribution in [3.05, 3.63) is 71.9 Å². The molecule has 0 saturated carbocycles. The molecule has 7 heteroatoms. The van der Waals surface area contributed by atoms with Crippen LogP contribution in [-0.2, 0) is 17.9 Å². The van der Waals surface area contributed by atoms with Gasteiger partial charge in [0.2, 0.25) is 5.82 Å². The largest absolute Gasteiger partial charge is 0.497 e. The van der Waals surface area contributed by atoms with Gasteiger partial charge in [0, 0.05) is 5.56 Å². The fourth-order valence-corrected chi connectivity index (χ4v) is 3.28. The van der Waals surface area contributed by atoms with E-state index in [0.717, 1.165) is 22.6 Å². The summed E-state index contributed by atoms with van der Waals surface area (Å²) < 4.78 is 18.6. The van der Waals surface area contributed by atoms with Crippen molar-refractivity contribution in [2.24, 2.45) is 0 Å². The van der Waals surface area contributed by atoms with Crippen molar-refractivity contribution in [2.75, 3.05) is 7.11 Å². The zero-order valence-corrected chi connectivity index (χ0v) is 15.3. The van der Waals surface area contributed by atoms with Crippen molar-refractivity contribution in [3.8, 4) is 28.7 Å². The number of nitrogens with zero attached hydrogens (tertiary/aromatic N) is 4. The molecule has 0 amide bonds. The molecular weight excluding hydrogens is 356 g/mol. The second-order valence-corrected chi connectivity index (χ2v) is 6.56. The van der Waals surface area contributed by atoms with Gasteiger partial charge in [0.05, 0.1) is 26.0 Å². The first kappa shape index (κ1) is 16.7. The van der Waals surface area contributed by atoms with Gasteiger partial charge in [0.1, 0.15) is 11.9 Å². The molecule has 0 N–H and O–H groups in total. The molecule has 4 aromatic rings. The van der Waals surface area contributed by atoms with E-state index in [0.29, 0.717) is 30.6 Å². The second kappa shape index (κ2) is 6.94. The Hall–Kier alpha value is -3.45. The molecule has 0 fully saturated rings. The molecule has 3 heterocycles. The number of hydrogen-bond acceptors (Lipinski definition) is 6. The highest BCUT2D eigenvalue weighted by atomic mass is 16.5. The van der Waals surface area contributed by atoms with Crippen LogP contribution in [0.2, 0.25) is 0 Å². The third kappa shape index (κ3) is 3.05. The van der Waals surface area contributed by atoms with Gasteiger partial charge in [0.25, 0.3) is 5.89 Å². The van der Waals surface area contributed by atoms with Crippen LogP contribution in [0, 0.1) is 0 Å². The summed E-state index contributed by atoms with van der Waals surface area (Å²) in [7, 11) is 1.63. The topological polar surface area (TPSA) is 75.2 Å². The minimum atomic E-state index is -0.0148. The Bertz CT molecular complexity index is 1090. The van der Waals surface area contributed by atoms with Crippen molar-refractivity contribution >= 4 is 0 Å². The molecule has 5 rings (SSSR count). The lowest BCUT2D eigenvalue weighted by Gasteiger charge is -2.24. The lowest BCUT2D eigenvalue weighted by atomic mass is 10.1. The van der Waals surface area contributed by atoms with Gasteiger partial charge in [-0.1, -0.05) is 35.5 Å². The Morgan fingerprint density at radius 3 is 2.68 bits per heavy atom. The van der Waals surface area contributed by atoms with Crippen LogP contribution in [0.5, 0.6) is 5.75 Å². The van der Waals surface area contributed by atoms with Crippen LogP contribution in [0.25, 0.3) is 23.0 Å². The van der Waals surface area contributed by atoms with Gasteiger partial charge in [-0.05, 0) is 35.9 Å². The predicted octanol–water partition coefficient (Wildman–Crippen LogP) is 3.88. The zero-order valence-electron chi connectivity index (χ0n) is 15.3. The van der Waals surface area contributed by atoms with Crippen molar-refractivity contribution in [1.29, 1.82) is 0 Å². The molecule has 7 nitrogen and oxygen atoms in total. The van der Waals surface area contributed by atoms with Crippen molar-refractivity contribution in [2.45, 2.75) is 19.3 Å². The summed E-state index contributed by atoms with van der Waals surface area (Å²) in [6, 6.07) is 19.6. The van der Waals surface area contributed by atoms with E-state index in [4.69, 9.17) is 14.0 Å². The summed E-state index contributed by atoms with van der Waals surface area (Å²) in [5.74, 6) is 1.69. The Balaban J connectivity index is 1.39. The highest BCUT2D eigenvalue weighted by Crippen LogP contribution is 2.29. The maximum atomic E-state index is 6.00. The summed E-state index contributed by atoms with van der Waals surface area (Å²) in [5.41, 5.74) is 3.64. The van der Waals surface area contributed by atoms with Crippen LogP contribution in [0.4, 0.5) is 0 Å². The van der Waals surface area contributed by atoms with E-state index >= 15 is 0 Å². The second-order valence-electron chi connectivity index (χ2n) is 6.56. The lowest BCUT2D eigenvalue weighted by molar-refractivity contribution is -0.00113. The van der Waals surface area contributed by atoms with Crippen LogP contribution in [-0.4, -0.2) is 27.0 Å². The van der Waals surface area contributed by atoms with Crippen LogP contribution < -0.4 is 4.74 Å². The lowest BCUT2D eigenvalue weighted by Crippen LogP contribution is -2.21. The van der Waals surface area contributed by atoms with Gasteiger partial charge in [-0.15, -0.1) is 0 Å². The molecule has 1 aliphatic heterocycles. The normalized spacial score (nSPS) is 16.0. The monoisotopic (exact) mass is 374 g/mol. The Kier molecular flexibility index (Phi) is 4.14. The molecule has 0 saturated heterocycles. The standard InChI is InChI=1S/C21H18N4O3/c1-26-17-9-7-15(8-10-17)20-22-21(28-24-20)18-11-16-13-27-19(12-25(16)23-18)14-5-3-2-4-6-14/h2-11,19H,12-13H2,1H3. The van der Waals surface area contributed by atoms with E-state index < -0.39 is 0 Å². The molecule has 1 unspecified atom stereocenters. The quantitative estimate of drug-likeness (QED) is 0.540. The number of fused-ring (bicyclic) bond motifs is 1. The summed E-state index contributed by atoms with van der Waals surface area (Å²) >= 11 is 0. The van der Waals surface area contributed by atoms with Crippen molar-refractivity contribution < 1.29 is 14.0 Å². The Labute approximate surface area is 161 Å². The van der Waals surface area contributed by atoms with E-state index in [1.54, 1.807) is 7.11 Å². The summed E-state index contributed by atoms with van der Waals surface area (Å²) in [4.78, 5) is 4.49. The SMILES string of the molecule is COc1ccc(-c2noc(-c3cc4n(n3)CC(c3ccccc3)OC4)n2)cc1. The maximum absolute atomic E-state index is 6.00. The van der Waals surface area contributed by atoms with Crippen LogP contribution in [0.3, 0.4) is 0 Å². The zero-order chi connectivity index (χ0) is 18.9. The first-order chi connectivity index (χ1) is 13.8. The number of aromatic nitrogens is 4. The Morgan fingerprint density at radius 1 is 1.07 bits per heavy atom. The average molecular weight is 374 g/mol. The van der Waals surface area contributed by atoms with Gasteiger partial charge >= 0.3 is 0 Å². The van der Waals surface area contributed by atoms with Crippen LogP contribution >= 0.6 is 0 Å². The minimum absolute atomic E-state index is 0.0148. The number of rotatable bonds is 4. The average Bonchev–Trinajstić information content (AvgIpc) is 3.41. The maximum Gasteiger partial charge on any atom is 0.278 e. The summed E-state index contributed by atoms with van der Waals surface area (Å²) in [6.07, 6.45) is -0.0148. The van der Waals surface area contributed by atoms with Gasteiger partial charge in [-0.2, -0.15) is 10.1 Å². The molecule has 0 bridgehead atoms. The highest BCUT2D eigenvalue weighted by molar-refractivity contribution is 5.58. The van der Waals surface area contributed by atoms with E-state index in [9.17, 15) is 0 Å². The third-order valence-electron chi connectivity index (χ3n) is 4.80. The minimum Gasteiger partial charge on any atom is -0.497 e. The predicted molar refractivity (Wildman–Crippen MR) is 101 cm³/mol. The van der Waals surface area contributed by atoms with E-state index in [-0.39, 0.29) is 6.10 Å². The molecule has 0 aliphatic carbocycles. The molecule has 0 radical (unpaired) electrons. The van der Waals surface area contributed by atoms with Gasteiger partial charge in [-0.25, -0.2) is 0 Å². The van der Waals surface area contributed by atoms with E-state index in [1.165, 1.54) is 0 Å². The number of ether oxygens (including phenoxy) is 2. The van der Waals surface area contributed by atoms with Gasteiger partial charge in [0.15, 0.2) is 5.69 Å². The van der Waals surface area contributed by atoms with Crippen molar-refractivity contribution in [3.63, 3.8) is 0 Å². The molecule has 2 aromatic heterocycles. The molecule has 1 aliphatic rings. The molecular formula is C21H18N4O3. The van der Waals surface area contributed by atoms with Crippen molar-refractivity contribution in [1.82, 2.24) is 19.9 Å². The fourth-order valence-electron chi connectivity index (χ4n) is 3.28. The Morgan fingerprint density at radius 2 is 1.89 bits per heavy atom. The summed E-state index contributed by atoms with van der Waals surface area (Å²) in [6.45, 7) is 1.14. The molecule has 2 aromatic carbocycles. The fraction of sp³-hybridized carbons (Fsp3) is 0.190. The van der Waals surface area contributed by atoms with Gasteiger partial charge < -0.3 is 14.0 Å². The number of methoxy groups -OCH3 is 1. The molecule has 1 atom stereocenters. The smallest absolute Gasteiger partial charge is 0.278 e. The highest BCUT2D eigenvalue weighted by Gasteiger charge is 2.24. The van der Waals surface area contributed by atoms with Crippen LogP contribution in [0.15, 0.2) is 65.2 Å². The first-order valence-corrected chi connectivity index (χ1v) is 9.02. The number of hydrogen-bond donors (Lipinski definition) is 0.